The average Bonchev–Trinajstić information content (AvgIpc) is 2.57. The predicted molar refractivity (Wildman–Crippen MR) is 101 cm³/mol. The van der Waals surface area contributed by atoms with Gasteiger partial charge in [-0.1, -0.05) is 47.5 Å². The summed E-state index contributed by atoms with van der Waals surface area (Å²) < 4.78 is 5.13. The summed E-state index contributed by atoms with van der Waals surface area (Å²) in [6, 6.07) is 12.9. The smallest absolute Gasteiger partial charge is 0.331 e. The van der Waals surface area contributed by atoms with Crippen molar-refractivity contribution >= 4 is 35.2 Å². The molecule has 2 aromatic rings. The molecule has 0 saturated heterocycles. The molecule has 0 bridgehead atoms. The maximum Gasteiger partial charge on any atom is 0.331 e. The van der Waals surface area contributed by atoms with Gasteiger partial charge in [0, 0.05) is 16.8 Å². The van der Waals surface area contributed by atoms with Crippen LogP contribution in [0.5, 0.6) is 0 Å². The van der Waals surface area contributed by atoms with Crippen LogP contribution in [0, 0.1) is 13.8 Å². The minimum absolute atomic E-state index is 0.414. The van der Waals surface area contributed by atoms with Crippen molar-refractivity contribution in [2.45, 2.75) is 26.9 Å². The van der Waals surface area contributed by atoms with E-state index in [-0.39, 0.29) is 0 Å². The van der Waals surface area contributed by atoms with Crippen molar-refractivity contribution in [1.29, 1.82) is 0 Å². The number of benzene rings is 2. The van der Waals surface area contributed by atoms with Gasteiger partial charge in [0.05, 0.1) is 0 Å². The van der Waals surface area contributed by atoms with Gasteiger partial charge in [-0.05, 0) is 50.1 Å². The molecule has 0 fully saturated rings. The molecular weight excluding hydrogens is 338 g/mol. The van der Waals surface area contributed by atoms with Gasteiger partial charge in [0.25, 0.3) is 5.91 Å². The van der Waals surface area contributed by atoms with Gasteiger partial charge >= 0.3 is 5.97 Å². The van der Waals surface area contributed by atoms with E-state index in [0.717, 1.165) is 16.7 Å². The number of nitrogens with one attached hydrogen (secondary N) is 1. The van der Waals surface area contributed by atoms with E-state index in [2.05, 4.69) is 5.32 Å². The first kappa shape index (κ1) is 18.7. The second-order valence-corrected chi connectivity index (χ2v) is 6.21. The number of amides is 1. The molecule has 0 saturated carbocycles. The third kappa shape index (κ3) is 5.76. The van der Waals surface area contributed by atoms with E-state index in [4.69, 9.17) is 16.3 Å². The molecule has 0 aromatic heterocycles. The van der Waals surface area contributed by atoms with Crippen LogP contribution in [0.1, 0.15) is 23.6 Å². The Bertz CT molecular complexity index is 797. The third-order valence-electron chi connectivity index (χ3n) is 3.61. The summed E-state index contributed by atoms with van der Waals surface area (Å²) >= 11 is 5.93. The van der Waals surface area contributed by atoms with Crippen LogP contribution >= 0.6 is 11.6 Å². The Labute approximate surface area is 152 Å². The maximum atomic E-state index is 12.2. The number of rotatable bonds is 5. The van der Waals surface area contributed by atoms with Gasteiger partial charge in [-0.3, -0.25) is 4.79 Å². The number of halogens is 1. The minimum atomic E-state index is -0.923. The number of hydrogen-bond acceptors (Lipinski definition) is 3. The first-order chi connectivity index (χ1) is 11.8. The molecular formula is C20H20ClNO3. The van der Waals surface area contributed by atoms with Crippen LogP contribution in [0.15, 0.2) is 48.5 Å². The topological polar surface area (TPSA) is 55.4 Å². The SMILES string of the molecule is Cc1ccc(/C=C/C(=O)O[C@@H](C)C(=O)Nc2cc(Cl)ccc2C)cc1. The molecule has 0 spiro atoms. The van der Waals surface area contributed by atoms with Crippen molar-refractivity contribution < 1.29 is 14.3 Å². The lowest BCUT2D eigenvalue weighted by Crippen LogP contribution is -2.29. The molecule has 0 heterocycles. The van der Waals surface area contributed by atoms with E-state index in [1.807, 2.05) is 38.1 Å². The quantitative estimate of drug-likeness (QED) is 0.631. The van der Waals surface area contributed by atoms with Crippen LogP contribution in [0.3, 0.4) is 0 Å². The van der Waals surface area contributed by atoms with Crippen LogP contribution in [0.25, 0.3) is 6.08 Å². The summed E-state index contributed by atoms with van der Waals surface area (Å²) in [5, 5.41) is 3.23. The number of carbonyl (C=O) groups excluding carboxylic acids is 2. The Morgan fingerprint density at radius 3 is 2.48 bits per heavy atom. The van der Waals surface area contributed by atoms with Gasteiger partial charge in [-0.15, -0.1) is 0 Å². The summed E-state index contributed by atoms with van der Waals surface area (Å²) in [7, 11) is 0. The Balaban J connectivity index is 1.92. The minimum Gasteiger partial charge on any atom is -0.449 e. The molecule has 0 aliphatic heterocycles. The number of ether oxygens (including phenoxy) is 1. The normalized spacial score (nSPS) is 12.0. The van der Waals surface area contributed by atoms with E-state index in [0.29, 0.717) is 10.7 Å². The number of carbonyl (C=O) groups is 2. The lowest BCUT2D eigenvalue weighted by molar-refractivity contribution is -0.148. The van der Waals surface area contributed by atoms with Gasteiger partial charge in [0.1, 0.15) is 0 Å². The summed E-state index contributed by atoms with van der Waals surface area (Å²) in [6.07, 6.45) is 2.03. The molecule has 0 aliphatic carbocycles. The average molecular weight is 358 g/mol. The highest BCUT2D eigenvalue weighted by Crippen LogP contribution is 2.20. The molecule has 4 nitrogen and oxygen atoms in total. The summed E-state index contributed by atoms with van der Waals surface area (Å²) in [6.45, 7) is 5.36. The molecule has 5 heteroatoms. The lowest BCUT2D eigenvalue weighted by Gasteiger charge is -2.14. The Kier molecular flexibility index (Phi) is 6.37. The third-order valence-corrected chi connectivity index (χ3v) is 3.84. The van der Waals surface area contributed by atoms with E-state index in [1.54, 1.807) is 24.3 Å². The molecule has 1 amide bonds. The second kappa shape index (κ2) is 8.49. The highest BCUT2D eigenvalue weighted by atomic mass is 35.5. The summed E-state index contributed by atoms with van der Waals surface area (Å²) in [5.74, 6) is -0.992. The second-order valence-electron chi connectivity index (χ2n) is 5.77. The Hall–Kier alpha value is -2.59. The summed E-state index contributed by atoms with van der Waals surface area (Å²) in [4.78, 5) is 24.0. The molecule has 0 radical (unpaired) electrons. The molecule has 0 unspecified atom stereocenters. The van der Waals surface area contributed by atoms with E-state index >= 15 is 0 Å². The van der Waals surface area contributed by atoms with Crippen molar-refractivity contribution in [2.75, 3.05) is 5.32 Å². The van der Waals surface area contributed by atoms with Crippen molar-refractivity contribution in [1.82, 2.24) is 0 Å². The van der Waals surface area contributed by atoms with Gasteiger partial charge in [0.2, 0.25) is 0 Å². The fourth-order valence-corrected chi connectivity index (χ4v) is 2.24. The monoisotopic (exact) mass is 357 g/mol. The van der Waals surface area contributed by atoms with E-state index in [9.17, 15) is 9.59 Å². The molecule has 0 aliphatic rings. The zero-order chi connectivity index (χ0) is 18.4. The molecule has 1 N–H and O–H groups in total. The standard InChI is InChI=1S/C20H20ClNO3/c1-13-4-7-16(8-5-13)9-11-19(23)25-15(3)20(24)22-18-12-17(21)10-6-14(18)2/h4-12,15H,1-3H3,(H,22,24)/b11-9+/t15-/m0/s1. The van der Waals surface area contributed by atoms with E-state index in [1.165, 1.54) is 13.0 Å². The van der Waals surface area contributed by atoms with Crippen LogP contribution in [-0.4, -0.2) is 18.0 Å². The van der Waals surface area contributed by atoms with Gasteiger partial charge < -0.3 is 10.1 Å². The Morgan fingerprint density at radius 1 is 1.12 bits per heavy atom. The fourth-order valence-electron chi connectivity index (χ4n) is 2.07. The van der Waals surface area contributed by atoms with Gasteiger partial charge in [-0.25, -0.2) is 4.79 Å². The zero-order valence-electron chi connectivity index (χ0n) is 14.4. The summed E-state index contributed by atoms with van der Waals surface area (Å²) in [5.41, 5.74) is 3.49. The Morgan fingerprint density at radius 2 is 1.80 bits per heavy atom. The zero-order valence-corrected chi connectivity index (χ0v) is 15.1. The highest BCUT2D eigenvalue weighted by Gasteiger charge is 2.17. The highest BCUT2D eigenvalue weighted by molar-refractivity contribution is 6.31. The molecule has 2 rings (SSSR count). The first-order valence-electron chi connectivity index (χ1n) is 7.87. The molecule has 25 heavy (non-hydrogen) atoms. The molecule has 2 aromatic carbocycles. The lowest BCUT2D eigenvalue weighted by atomic mass is 10.1. The van der Waals surface area contributed by atoms with Crippen molar-refractivity contribution in [3.63, 3.8) is 0 Å². The number of aryl methyl sites for hydroxylation is 2. The van der Waals surface area contributed by atoms with E-state index < -0.39 is 18.0 Å². The molecule has 1 atom stereocenters. The largest absolute Gasteiger partial charge is 0.449 e. The predicted octanol–water partition coefficient (Wildman–Crippen LogP) is 4.54. The van der Waals surface area contributed by atoms with Crippen LogP contribution in [0.4, 0.5) is 5.69 Å². The molecule has 130 valence electrons. The van der Waals surface area contributed by atoms with Crippen molar-refractivity contribution in [3.05, 3.63) is 70.3 Å². The van der Waals surface area contributed by atoms with Crippen LogP contribution < -0.4 is 5.32 Å². The van der Waals surface area contributed by atoms with Crippen molar-refractivity contribution in [3.8, 4) is 0 Å². The van der Waals surface area contributed by atoms with Crippen molar-refractivity contribution in [2.24, 2.45) is 0 Å². The number of anilines is 1. The van der Waals surface area contributed by atoms with Crippen LogP contribution in [-0.2, 0) is 14.3 Å². The first-order valence-corrected chi connectivity index (χ1v) is 8.25. The van der Waals surface area contributed by atoms with Gasteiger partial charge in [-0.2, -0.15) is 0 Å². The van der Waals surface area contributed by atoms with Gasteiger partial charge in [0.15, 0.2) is 6.10 Å². The number of esters is 1. The van der Waals surface area contributed by atoms with Crippen LogP contribution in [0.2, 0.25) is 5.02 Å². The maximum absolute atomic E-state index is 12.2. The number of hydrogen-bond donors (Lipinski definition) is 1. The fraction of sp³-hybridized carbons (Fsp3) is 0.200.